The number of fused-ring (bicyclic) bond motifs is 3. The van der Waals surface area contributed by atoms with Crippen LogP contribution in [0.25, 0.3) is 5.52 Å². The summed E-state index contributed by atoms with van der Waals surface area (Å²) in [5.74, 6) is 0.526. The first-order valence-corrected chi connectivity index (χ1v) is 7.18. The second-order valence-corrected chi connectivity index (χ2v) is 5.96. The van der Waals surface area contributed by atoms with Crippen molar-refractivity contribution in [1.82, 2.24) is 20.0 Å². The van der Waals surface area contributed by atoms with Crippen molar-refractivity contribution in [3.63, 3.8) is 0 Å². The molecule has 0 aromatic carbocycles. The third-order valence-electron chi connectivity index (χ3n) is 4.65. The molecule has 1 saturated heterocycles. The number of hydrogen-bond acceptors (Lipinski definition) is 3. The van der Waals surface area contributed by atoms with Crippen LogP contribution in [0.4, 0.5) is 0 Å². The zero-order valence-corrected chi connectivity index (χ0v) is 11.5. The van der Waals surface area contributed by atoms with Gasteiger partial charge < -0.3 is 15.0 Å². The fraction of sp³-hybridized carbons (Fsp3) is 0.467. The summed E-state index contributed by atoms with van der Waals surface area (Å²) in [6, 6.07) is 4.93. The molecule has 2 aromatic heterocycles. The SMILES string of the molecule is Cc1ccc2cnc(C(=O)NC3CC4CC3CN4)cn12. The fourth-order valence-corrected chi connectivity index (χ4v) is 3.51. The molecule has 2 bridgehead atoms. The van der Waals surface area contributed by atoms with Gasteiger partial charge in [-0.2, -0.15) is 0 Å². The summed E-state index contributed by atoms with van der Waals surface area (Å²) >= 11 is 0. The molecule has 0 radical (unpaired) electrons. The van der Waals surface area contributed by atoms with Crippen molar-refractivity contribution in [2.75, 3.05) is 6.54 Å². The van der Waals surface area contributed by atoms with Gasteiger partial charge in [0.05, 0.1) is 11.7 Å². The van der Waals surface area contributed by atoms with Gasteiger partial charge in [0.15, 0.2) is 0 Å². The number of aryl methyl sites for hydroxylation is 1. The van der Waals surface area contributed by atoms with Gasteiger partial charge in [0.2, 0.25) is 0 Å². The quantitative estimate of drug-likeness (QED) is 0.860. The molecule has 1 amide bonds. The van der Waals surface area contributed by atoms with E-state index in [1.54, 1.807) is 6.20 Å². The monoisotopic (exact) mass is 270 g/mol. The molecule has 20 heavy (non-hydrogen) atoms. The van der Waals surface area contributed by atoms with E-state index in [9.17, 15) is 4.79 Å². The smallest absolute Gasteiger partial charge is 0.271 e. The first-order chi connectivity index (χ1) is 9.70. The van der Waals surface area contributed by atoms with Crippen LogP contribution in [-0.2, 0) is 0 Å². The van der Waals surface area contributed by atoms with Gasteiger partial charge in [-0.15, -0.1) is 0 Å². The minimum atomic E-state index is -0.0578. The molecule has 5 nitrogen and oxygen atoms in total. The van der Waals surface area contributed by atoms with Gasteiger partial charge in [0, 0.05) is 30.5 Å². The second kappa shape index (κ2) is 4.31. The maximum Gasteiger partial charge on any atom is 0.271 e. The molecule has 5 heteroatoms. The summed E-state index contributed by atoms with van der Waals surface area (Å²) in [4.78, 5) is 16.6. The van der Waals surface area contributed by atoms with E-state index in [2.05, 4.69) is 15.6 Å². The third-order valence-corrected chi connectivity index (χ3v) is 4.65. The normalized spacial score (nSPS) is 28.1. The summed E-state index contributed by atoms with van der Waals surface area (Å²) < 4.78 is 2.00. The molecule has 104 valence electrons. The van der Waals surface area contributed by atoms with Crippen molar-refractivity contribution >= 4 is 11.4 Å². The molecule has 3 heterocycles. The fourth-order valence-electron chi connectivity index (χ4n) is 3.51. The lowest BCUT2D eigenvalue weighted by Gasteiger charge is -2.23. The van der Waals surface area contributed by atoms with Crippen LogP contribution in [0, 0.1) is 12.8 Å². The van der Waals surface area contributed by atoms with Crippen LogP contribution in [-0.4, -0.2) is 33.9 Å². The molecule has 2 N–H and O–H groups in total. The molecule has 0 spiro atoms. The maximum absolute atomic E-state index is 12.3. The Balaban J connectivity index is 1.56. The Bertz CT molecular complexity index is 678. The Hall–Kier alpha value is -1.88. The van der Waals surface area contributed by atoms with E-state index in [4.69, 9.17) is 0 Å². The first-order valence-electron chi connectivity index (χ1n) is 7.18. The number of nitrogens with zero attached hydrogens (tertiary/aromatic N) is 2. The number of rotatable bonds is 2. The molecular formula is C15H18N4O. The van der Waals surface area contributed by atoms with Crippen LogP contribution >= 0.6 is 0 Å². The second-order valence-electron chi connectivity index (χ2n) is 5.96. The Kier molecular flexibility index (Phi) is 2.57. The number of carbonyl (C=O) groups is 1. The topological polar surface area (TPSA) is 58.4 Å². The number of carbonyl (C=O) groups excluding carboxylic acids is 1. The Morgan fingerprint density at radius 2 is 2.35 bits per heavy atom. The molecule has 4 rings (SSSR count). The number of hydrogen-bond donors (Lipinski definition) is 2. The van der Waals surface area contributed by atoms with Crippen molar-refractivity contribution in [1.29, 1.82) is 0 Å². The molecule has 1 aliphatic heterocycles. The third kappa shape index (κ3) is 1.81. The van der Waals surface area contributed by atoms with Crippen LogP contribution in [0.1, 0.15) is 29.0 Å². The molecule has 2 fully saturated rings. The number of amides is 1. The lowest BCUT2D eigenvalue weighted by Crippen LogP contribution is -2.44. The summed E-state index contributed by atoms with van der Waals surface area (Å²) in [5.41, 5.74) is 2.62. The summed E-state index contributed by atoms with van der Waals surface area (Å²) in [7, 11) is 0. The zero-order valence-electron chi connectivity index (χ0n) is 11.5. The minimum Gasteiger partial charge on any atom is -0.348 e. The molecule has 2 aromatic rings. The van der Waals surface area contributed by atoms with Gasteiger partial charge in [0.1, 0.15) is 5.69 Å². The maximum atomic E-state index is 12.3. The molecule has 3 unspecified atom stereocenters. The van der Waals surface area contributed by atoms with Crippen molar-refractivity contribution < 1.29 is 4.79 Å². The van der Waals surface area contributed by atoms with Gasteiger partial charge in [0.25, 0.3) is 5.91 Å². The van der Waals surface area contributed by atoms with Crippen LogP contribution < -0.4 is 10.6 Å². The molecule has 2 aliphatic rings. The van der Waals surface area contributed by atoms with Crippen LogP contribution in [0.15, 0.2) is 24.5 Å². The largest absolute Gasteiger partial charge is 0.348 e. The summed E-state index contributed by atoms with van der Waals surface area (Å²) in [6.45, 7) is 3.05. The molecular weight excluding hydrogens is 252 g/mol. The lowest BCUT2D eigenvalue weighted by atomic mass is 10.0. The Morgan fingerprint density at radius 1 is 1.45 bits per heavy atom. The van der Waals surface area contributed by atoms with Gasteiger partial charge in [-0.25, -0.2) is 4.98 Å². The zero-order chi connectivity index (χ0) is 13.7. The van der Waals surface area contributed by atoms with Gasteiger partial charge in [-0.3, -0.25) is 4.79 Å². The van der Waals surface area contributed by atoms with Crippen LogP contribution in [0.2, 0.25) is 0 Å². The van der Waals surface area contributed by atoms with Crippen molar-refractivity contribution in [2.45, 2.75) is 31.8 Å². The number of aromatic nitrogens is 2. The van der Waals surface area contributed by atoms with E-state index in [1.165, 1.54) is 6.42 Å². The number of nitrogens with one attached hydrogen (secondary N) is 2. The predicted molar refractivity (Wildman–Crippen MR) is 75.7 cm³/mol. The summed E-state index contributed by atoms with van der Waals surface area (Å²) in [5, 5.41) is 6.60. The van der Waals surface area contributed by atoms with Crippen molar-refractivity contribution in [3.8, 4) is 0 Å². The van der Waals surface area contributed by atoms with E-state index in [0.29, 0.717) is 23.7 Å². The number of piperidine rings is 1. The average Bonchev–Trinajstić information content (AvgIpc) is 3.15. The van der Waals surface area contributed by atoms with E-state index in [1.807, 2.05) is 29.7 Å². The van der Waals surface area contributed by atoms with Crippen LogP contribution in [0.3, 0.4) is 0 Å². The molecule has 1 aliphatic carbocycles. The molecule has 1 saturated carbocycles. The van der Waals surface area contributed by atoms with Crippen LogP contribution in [0.5, 0.6) is 0 Å². The highest BCUT2D eigenvalue weighted by Gasteiger charge is 2.40. The van der Waals surface area contributed by atoms with E-state index in [0.717, 1.165) is 24.2 Å². The predicted octanol–water partition coefficient (Wildman–Crippen LogP) is 1.12. The molecule has 3 atom stereocenters. The first kappa shape index (κ1) is 11.9. The van der Waals surface area contributed by atoms with E-state index < -0.39 is 0 Å². The highest BCUT2D eigenvalue weighted by atomic mass is 16.2. The minimum absolute atomic E-state index is 0.0578. The van der Waals surface area contributed by atoms with Gasteiger partial charge in [-0.05, 0) is 37.8 Å². The van der Waals surface area contributed by atoms with E-state index in [-0.39, 0.29) is 5.91 Å². The Labute approximate surface area is 117 Å². The van der Waals surface area contributed by atoms with Crippen molar-refractivity contribution in [3.05, 3.63) is 35.9 Å². The average molecular weight is 270 g/mol. The highest BCUT2D eigenvalue weighted by molar-refractivity contribution is 5.92. The summed E-state index contributed by atoms with van der Waals surface area (Å²) in [6.07, 6.45) is 5.81. The standard InChI is InChI=1S/C15H18N4O/c1-9-2-3-12-7-17-14(8-19(9)12)15(20)18-13-5-11-4-10(13)6-16-11/h2-3,7-8,10-11,13,16H,4-6H2,1H3,(H,18,20). The van der Waals surface area contributed by atoms with Gasteiger partial charge >= 0.3 is 0 Å². The lowest BCUT2D eigenvalue weighted by molar-refractivity contribution is 0.0919. The van der Waals surface area contributed by atoms with Gasteiger partial charge in [-0.1, -0.05) is 0 Å². The highest BCUT2D eigenvalue weighted by Crippen LogP contribution is 2.31. The Morgan fingerprint density at radius 3 is 3.10 bits per heavy atom. The van der Waals surface area contributed by atoms with Crippen molar-refractivity contribution in [2.24, 2.45) is 5.92 Å². The van der Waals surface area contributed by atoms with E-state index >= 15 is 0 Å².